The van der Waals surface area contributed by atoms with E-state index in [0.29, 0.717) is 29.4 Å². The van der Waals surface area contributed by atoms with E-state index in [0.717, 1.165) is 0 Å². The molecule has 0 atom stereocenters. The predicted octanol–water partition coefficient (Wildman–Crippen LogP) is 3.58. The molecule has 2 aromatic rings. The number of ether oxygens (including phenoxy) is 3. The van der Waals surface area contributed by atoms with E-state index in [1.165, 1.54) is 30.3 Å². The summed E-state index contributed by atoms with van der Waals surface area (Å²) in [6.45, 7) is -0.483. The van der Waals surface area contributed by atoms with Gasteiger partial charge in [0.15, 0.2) is 38.5 Å². The molecule has 9 heteroatoms. The first-order valence-electron chi connectivity index (χ1n) is 9.44. The third-order valence-corrected chi connectivity index (χ3v) is 8.20. The first kappa shape index (κ1) is 20.7. The van der Waals surface area contributed by atoms with Gasteiger partial charge in [-0.2, -0.15) is 0 Å². The molecule has 1 heterocycles. The molecule has 2 aromatic carbocycles. The number of halogens is 1. The quantitative estimate of drug-likeness (QED) is 0.490. The summed E-state index contributed by atoms with van der Waals surface area (Å²) >= 11 is 5.86. The van der Waals surface area contributed by atoms with Gasteiger partial charge in [-0.15, -0.1) is 0 Å². The second-order valence-electron chi connectivity index (χ2n) is 7.23. The summed E-state index contributed by atoms with van der Waals surface area (Å²) in [5.74, 6) is -0.394. The van der Waals surface area contributed by atoms with Crippen LogP contribution in [0, 0.1) is 0 Å². The van der Waals surface area contributed by atoms with Crippen LogP contribution in [0.4, 0.5) is 0 Å². The number of ketones is 1. The number of hydrogen-bond donors (Lipinski definition) is 0. The topological polar surface area (TPSA) is 96.0 Å². The van der Waals surface area contributed by atoms with E-state index in [9.17, 15) is 18.0 Å². The monoisotopic (exact) mass is 450 g/mol. The molecule has 1 aliphatic heterocycles. The van der Waals surface area contributed by atoms with Crippen molar-refractivity contribution in [3.8, 4) is 11.5 Å². The average Bonchev–Trinajstić information content (AvgIpc) is 3.41. The Morgan fingerprint density at radius 2 is 1.67 bits per heavy atom. The van der Waals surface area contributed by atoms with Gasteiger partial charge in [0.05, 0.1) is 4.90 Å². The Hall–Kier alpha value is -2.58. The van der Waals surface area contributed by atoms with Crippen molar-refractivity contribution in [3.05, 3.63) is 53.1 Å². The van der Waals surface area contributed by atoms with Gasteiger partial charge in [-0.05, 0) is 55.3 Å². The highest BCUT2D eigenvalue weighted by Crippen LogP contribution is 2.42. The standard InChI is InChI=1S/C21H19ClO7S/c22-15-4-6-16(7-5-15)30(25,26)21(9-1-2-10-21)20(24)27-12-17(23)14-3-8-18-19(11-14)29-13-28-18/h3-8,11H,1-2,9-10,12-13H2. The van der Waals surface area contributed by atoms with Crippen molar-refractivity contribution in [1.29, 1.82) is 0 Å². The summed E-state index contributed by atoms with van der Waals surface area (Å²) < 4.78 is 40.6. The predicted molar refractivity (Wildman–Crippen MR) is 108 cm³/mol. The Labute approximate surface area is 178 Å². The van der Waals surface area contributed by atoms with Crippen molar-refractivity contribution in [2.24, 2.45) is 0 Å². The molecule has 0 bridgehead atoms. The normalized spacial score (nSPS) is 17.0. The first-order valence-corrected chi connectivity index (χ1v) is 11.3. The molecular weight excluding hydrogens is 432 g/mol. The van der Waals surface area contributed by atoms with Crippen LogP contribution >= 0.6 is 11.6 Å². The molecule has 2 aliphatic rings. The zero-order valence-corrected chi connectivity index (χ0v) is 17.5. The number of carbonyl (C=O) groups excluding carboxylic acids is 2. The summed E-state index contributed by atoms with van der Waals surface area (Å²) in [4.78, 5) is 25.4. The summed E-state index contributed by atoms with van der Waals surface area (Å²) in [5.41, 5.74) is 0.285. The maximum Gasteiger partial charge on any atom is 0.328 e. The first-order chi connectivity index (χ1) is 14.3. The lowest BCUT2D eigenvalue weighted by Gasteiger charge is -2.26. The molecule has 0 spiro atoms. The molecule has 0 amide bonds. The molecule has 158 valence electrons. The lowest BCUT2D eigenvalue weighted by molar-refractivity contribution is -0.145. The zero-order chi connectivity index (χ0) is 21.4. The molecule has 1 aliphatic carbocycles. The summed E-state index contributed by atoms with van der Waals surface area (Å²) in [7, 11) is -4.02. The zero-order valence-electron chi connectivity index (χ0n) is 15.9. The molecule has 30 heavy (non-hydrogen) atoms. The minimum atomic E-state index is -4.02. The van der Waals surface area contributed by atoms with E-state index < -0.39 is 32.9 Å². The van der Waals surface area contributed by atoms with Gasteiger partial charge in [-0.25, -0.2) is 8.42 Å². The van der Waals surface area contributed by atoms with E-state index in [1.807, 2.05) is 0 Å². The Morgan fingerprint density at radius 3 is 2.37 bits per heavy atom. The fraction of sp³-hybridized carbons (Fsp3) is 0.333. The van der Waals surface area contributed by atoms with E-state index in [1.54, 1.807) is 12.1 Å². The number of esters is 1. The van der Waals surface area contributed by atoms with Crippen molar-refractivity contribution in [3.63, 3.8) is 0 Å². The van der Waals surface area contributed by atoms with Crippen LogP contribution in [0.2, 0.25) is 5.02 Å². The van der Waals surface area contributed by atoms with Crippen molar-refractivity contribution >= 4 is 33.2 Å². The van der Waals surface area contributed by atoms with Crippen molar-refractivity contribution < 1.29 is 32.2 Å². The molecule has 1 fully saturated rings. The maximum atomic E-state index is 13.3. The Kier molecular flexibility index (Phi) is 5.46. The second-order valence-corrected chi connectivity index (χ2v) is 9.92. The van der Waals surface area contributed by atoms with Gasteiger partial charge in [0.2, 0.25) is 6.79 Å². The highest BCUT2D eigenvalue weighted by Gasteiger charge is 2.54. The second kappa shape index (κ2) is 7.92. The number of fused-ring (bicyclic) bond motifs is 1. The Bertz CT molecular complexity index is 1090. The van der Waals surface area contributed by atoms with Crippen molar-refractivity contribution in [2.45, 2.75) is 35.3 Å². The van der Waals surface area contributed by atoms with E-state index in [4.69, 9.17) is 25.8 Å². The largest absolute Gasteiger partial charge is 0.456 e. The number of rotatable bonds is 6. The lowest BCUT2D eigenvalue weighted by atomic mass is 10.1. The maximum absolute atomic E-state index is 13.3. The SMILES string of the molecule is O=C(COC(=O)C1(S(=O)(=O)c2ccc(Cl)cc2)CCCC1)c1ccc2c(c1)OCO2. The highest BCUT2D eigenvalue weighted by atomic mass is 35.5. The van der Waals surface area contributed by atoms with E-state index >= 15 is 0 Å². The fourth-order valence-corrected chi connectivity index (χ4v) is 5.96. The summed E-state index contributed by atoms with van der Waals surface area (Å²) in [5, 5.41) is 0.395. The van der Waals surface area contributed by atoms with Crippen LogP contribution < -0.4 is 9.47 Å². The number of benzene rings is 2. The van der Waals surface area contributed by atoms with Gasteiger partial charge >= 0.3 is 5.97 Å². The van der Waals surface area contributed by atoms with E-state index in [-0.39, 0.29) is 30.1 Å². The number of Topliss-reactive ketones (excluding diaryl/α,β-unsaturated/α-hetero) is 1. The third-order valence-electron chi connectivity index (χ3n) is 5.45. The van der Waals surface area contributed by atoms with Crippen LogP contribution in [-0.4, -0.2) is 38.3 Å². The minimum Gasteiger partial charge on any atom is -0.456 e. The van der Waals surface area contributed by atoms with Gasteiger partial charge in [0.1, 0.15) is 0 Å². The molecule has 0 aromatic heterocycles. The molecule has 0 saturated heterocycles. The van der Waals surface area contributed by atoms with Crippen LogP contribution in [-0.2, 0) is 19.4 Å². The van der Waals surface area contributed by atoms with Gasteiger partial charge in [-0.1, -0.05) is 24.4 Å². The lowest BCUT2D eigenvalue weighted by Crippen LogP contribution is -2.45. The number of hydrogen-bond acceptors (Lipinski definition) is 7. The minimum absolute atomic E-state index is 0.00727. The van der Waals surface area contributed by atoms with E-state index in [2.05, 4.69) is 0 Å². The smallest absolute Gasteiger partial charge is 0.328 e. The van der Waals surface area contributed by atoms with Crippen LogP contribution in [0.25, 0.3) is 0 Å². The van der Waals surface area contributed by atoms with Gasteiger partial charge in [-0.3, -0.25) is 9.59 Å². The van der Waals surface area contributed by atoms with Crippen LogP contribution in [0.15, 0.2) is 47.4 Å². The average molecular weight is 451 g/mol. The molecular formula is C21H19ClO7S. The summed E-state index contributed by atoms with van der Waals surface area (Å²) in [6, 6.07) is 10.3. The van der Waals surface area contributed by atoms with Crippen LogP contribution in [0.3, 0.4) is 0 Å². The third kappa shape index (κ3) is 3.54. The van der Waals surface area contributed by atoms with Crippen LogP contribution in [0.5, 0.6) is 11.5 Å². The van der Waals surface area contributed by atoms with Crippen molar-refractivity contribution in [2.75, 3.05) is 13.4 Å². The number of sulfone groups is 1. The van der Waals surface area contributed by atoms with Gasteiger partial charge in [0.25, 0.3) is 0 Å². The summed E-state index contributed by atoms with van der Waals surface area (Å²) in [6.07, 6.45) is 1.46. The molecule has 1 saturated carbocycles. The Balaban J connectivity index is 1.52. The Morgan fingerprint density at radius 1 is 1.00 bits per heavy atom. The number of carbonyl (C=O) groups is 2. The molecule has 0 radical (unpaired) electrons. The van der Waals surface area contributed by atoms with Gasteiger partial charge in [0, 0.05) is 10.6 Å². The molecule has 0 unspecified atom stereocenters. The molecule has 0 N–H and O–H groups in total. The van der Waals surface area contributed by atoms with Crippen LogP contribution in [0.1, 0.15) is 36.0 Å². The van der Waals surface area contributed by atoms with Gasteiger partial charge < -0.3 is 14.2 Å². The highest BCUT2D eigenvalue weighted by molar-refractivity contribution is 7.93. The fourth-order valence-electron chi connectivity index (χ4n) is 3.78. The molecule has 4 rings (SSSR count). The molecule has 7 nitrogen and oxygen atoms in total. The van der Waals surface area contributed by atoms with Crippen molar-refractivity contribution in [1.82, 2.24) is 0 Å².